The summed E-state index contributed by atoms with van der Waals surface area (Å²) in [5.74, 6) is 0. The van der Waals surface area contributed by atoms with E-state index < -0.39 is 22.7 Å². The van der Waals surface area contributed by atoms with Gasteiger partial charge in [-0.1, -0.05) is 0 Å². The molecule has 0 unspecified atom stereocenters. The first-order valence-corrected chi connectivity index (χ1v) is 14.1. The molecule has 1 aromatic heterocycles. The molecule has 6 nitrogen and oxygen atoms in total. The van der Waals surface area contributed by atoms with Gasteiger partial charge in [0.2, 0.25) is 0 Å². The van der Waals surface area contributed by atoms with E-state index in [0.29, 0.717) is 26.9 Å². The quantitative estimate of drug-likeness (QED) is 0.249. The van der Waals surface area contributed by atoms with E-state index in [1.165, 1.54) is 0 Å². The summed E-state index contributed by atoms with van der Waals surface area (Å²) >= 11 is 0. The van der Waals surface area contributed by atoms with Crippen molar-refractivity contribution in [3.63, 3.8) is 0 Å². The number of para-hydroxylation sites is 1. The van der Waals surface area contributed by atoms with E-state index >= 15 is 0 Å². The normalized spacial score (nSPS) is 13.3. The molecule has 5 rings (SSSR count). The van der Waals surface area contributed by atoms with Gasteiger partial charge in [-0.15, -0.1) is 0 Å². The van der Waals surface area contributed by atoms with Crippen LogP contribution in [0.25, 0.3) is 11.0 Å². The third-order valence-electron chi connectivity index (χ3n) is 6.05. The van der Waals surface area contributed by atoms with Crippen molar-refractivity contribution in [2.45, 2.75) is 0 Å². The monoisotopic (exact) mass is 506 g/mol. The van der Waals surface area contributed by atoms with Gasteiger partial charge in [0, 0.05) is 0 Å². The first-order valence-electron chi connectivity index (χ1n) is 10.7. The maximum absolute atomic E-state index is 13.8. The molecule has 0 aliphatic heterocycles. The Morgan fingerprint density at radius 3 is 1.51 bits per heavy atom. The van der Waals surface area contributed by atoms with Gasteiger partial charge < -0.3 is 0 Å². The van der Waals surface area contributed by atoms with E-state index in [2.05, 4.69) is 0 Å². The summed E-state index contributed by atoms with van der Waals surface area (Å²) in [5, 5.41) is 1.61. The molecule has 176 valence electrons. The van der Waals surface area contributed by atoms with Crippen LogP contribution >= 0.6 is 6.83 Å². The number of hydrogen-bond donors (Lipinski definition) is 0. The summed E-state index contributed by atoms with van der Waals surface area (Å²) < 4.78 is 49.4. The van der Waals surface area contributed by atoms with Crippen LogP contribution in [0.15, 0.2) is 131 Å². The Bertz CT molecular complexity index is 1430. The summed E-state index contributed by atoms with van der Waals surface area (Å²) in [6, 6.07) is 34.1. The van der Waals surface area contributed by atoms with Gasteiger partial charge in [0.25, 0.3) is 0 Å². The molecule has 0 saturated carbocycles. The number of fused-ring (bicyclic) bond motifs is 1. The van der Waals surface area contributed by atoms with Gasteiger partial charge in [0.1, 0.15) is 0 Å². The van der Waals surface area contributed by atoms with Crippen LogP contribution in [0, 0.1) is 10.2 Å². The second-order valence-electron chi connectivity index (χ2n) is 7.95. The van der Waals surface area contributed by atoms with Crippen LogP contribution in [0.1, 0.15) is 0 Å². The molecule has 0 aliphatic rings. The molecule has 1 heterocycles. The minimum atomic E-state index is -5.03. The Hall–Kier alpha value is -3.35. The average Bonchev–Trinajstić information content (AvgIpc) is 2.88. The molecule has 4 aromatic carbocycles. The van der Waals surface area contributed by atoms with Crippen molar-refractivity contribution in [3.8, 4) is 0 Å². The van der Waals surface area contributed by atoms with Gasteiger partial charge in [-0.05, 0) is 0 Å². The second kappa shape index (κ2) is 8.70. The average molecular weight is 507 g/mol. The van der Waals surface area contributed by atoms with Crippen LogP contribution in [-0.4, -0.2) is 0 Å². The van der Waals surface area contributed by atoms with Gasteiger partial charge in [-0.2, -0.15) is 0 Å². The van der Waals surface area contributed by atoms with Crippen molar-refractivity contribution < 1.29 is 32.7 Å². The molecule has 5 aromatic rings. The summed E-state index contributed by atoms with van der Waals surface area (Å²) in [5.41, 5.74) is -0.466. The van der Waals surface area contributed by atoms with Crippen molar-refractivity contribution in [2.24, 2.45) is 0 Å². The Morgan fingerprint density at radius 1 is 0.629 bits per heavy atom. The van der Waals surface area contributed by atoms with Gasteiger partial charge in [0.05, 0.1) is 0 Å². The molecule has 0 saturated heterocycles. The molecule has 0 atom stereocenters. The van der Waals surface area contributed by atoms with E-state index in [1.54, 1.807) is 121 Å². The molecule has 0 aliphatic carbocycles. The zero-order valence-electron chi connectivity index (χ0n) is 18.3. The predicted octanol–water partition coefficient (Wildman–Crippen LogP) is 0.777. The van der Waals surface area contributed by atoms with E-state index in [0.717, 1.165) is 0 Å². The molecule has 0 radical (unpaired) electrons. The summed E-state index contributed by atoms with van der Waals surface area (Å²) in [6.45, 7) is -5.00. The van der Waals surface area contributed by atoms with Gasteiger partial charge in [-0.25, -0.2) is 0 Å². The molecule has 0 N–H and O–H groups in total. The Labute approximate surface area is 203 Å². The third kappa shape index (κ3) is 3.68. The van der Waals surface area contributed by atoms with E-state index in [-0.39, 0.29) is 5.30 Å². The Balaban J connectivity index is 2.12. The minimum absolute atomic E-state index is 0.0507. The Kier molecular flexibility index (Phi) is 5.82. The van der Waals surface area contributed by atoms with Crippen LogP contribution in [0.5, 0.6) is 0 Å². The molecule has 35 heavy (non-hydrogen) atoms. The molecule has 0 bridgehead atoms. The van der Waals surface area contributed by atoms with Crippen LogP contribution < -0.4 is 40.8 Å². The maximum atomic E-state index is 13.8. The predicted molar refractivity (Wildman–Crippen MR) is 128 cm³/mol. The molecule has 0 fully saturated rings. The molecular weight excluding hydrogens is 487 g/mol. The van der Waals surface area contributed by atoms with Crippen LogP contribution in [-0.2, 0) is 4.08 Å². The zero-order chi connectivity index (χ0) is 24.5. The number of benzene rings is 4. The van der Waals surface area contributed by atoms with Crippen molar-refractivity contribution >= 4 is 39.0 Å². The second-order valence-corrected chi connectivity index (χ2v) is 13.4. The fourth-order valence-corrected chi connectivity index (χ4v) is 12.0. The SMILES string of the molecule is O=c1oc2ccccc2cc1P(O[Cl+3]([O-])([O-])[O-])(c1ccccc1)(c1ccccc1)c1ccccc1. The number of rotatable bonds is 6. The fraction of sp³-hybridized carbons (Fsp3) is 0. The van der Waals surface area contributed by atoms with Crippen molar-refractivity contribution in [1.82, 2.24) is 0 Å². The van der Waals surface area contributed by atoms with Crippen LogP contribution in [0.3, 0.4) is 0 Å². The molecule has 8 heteroatoms. The molecule has 0 spiro atoms. The van der Waals surface area contributed by atoms with Gasteiger partial charge in [-0.3, -0.25) is 0 Å². The molecule has 0 amide bonds. The van der Waals surface area contributed by atoms with E-state index in [9.17, 15) is 18.8 Å². The van der Waals surface area contributed by atoms with Crippen molar-refractivity contribution in [1.29, 1.82) is 0 Å². The first-order chi connectivity index (χ1) is 16.8. The summed E-state index contributed by atoms with van der Waals surface area (Å²) in [7, 11) is -5.03. The van der Waals surface area contributed by atoms with Gasteiger partial charge in [0.15, 0.2) is 0 Å². The first kappa shape index (κ1) is 23.4. The fourth-order valence-electron chi connectivity index (χ4n) is 4.68. The summed E-state index contributed by atoms with van der Waals surface area (Å²) in [6.07, 6.45) is 0. The standard InChI is InChI=1S/C27H20ClO6P/c29-27-26(20-21-12-10-11-19-25(21)33-27)35(34-28(30,31)32,22-13-4-1-5-14-22,23-15-6-2-7-16-23)24-17-8-3-9-18-24/h1-20H. The number of halogens is 1. The topological polar surface area (TPSA) is 109 Å². The summed E-state index contributed by atoms with van der Waals surface area (Å²) in [4.78, 5) is 13.8. The van der Waals surface area contributed by atoms with Crippen molar-refractivity contribution in [3.05, 3.63) is 132 Å². The van der Waals surface area contributed by atoms with E-state index in [1.807, 2.05) is 0 Å². The zero-order valence-corrected chi connectivity index (χ0v) is 20.0. The van der Waals surface area contributed by atoms with Crippen molar-refractivity contribution in [2.75, 3.05) is 0 Å². The Morgan fingerprint density at radius 2 is 1.06 bits per heavy atom. The molecular formula is C27H20ClO6P. The van der Waals surface area contributed by atoms with Crippen LogP contribution in [0.2, 0.25) is 0 Å². The van der Waals surface area contributed by atoms with Crippen LogP contribution in [0.4, 0.5) is 0 Å². The number of hydrogen-bond acceptors (Lipinski definition) is 6. The third-order valence-corrected chi connectivity index (χ3v) is 12.9. The van der Waals surface area contributed by atoms with Gasteiger partial charge >= 0.3 is 203 Å². The van der Waals surface area contributed by atoms with E-state index in [4.69, 9.17) is 8.49 Å².